The van der Waals surface area contributed by atoms with Crippen LogP contribution in [-0.2, 0) is 17.8 Å². The quantitative estimate of drug-likeness (QED) is 0.742. The van der Waals surface area contributed by atoms with Crippen molar-refractivity contribution in [3.05, 3.63) is 77.9 Å². The summed E-state index contributed by atoms with van der Waals surface area (Å²) in [4.78, 5) is 24.5. The lowest BCUT2D eigenvalue weighted by Gasteiger charge is -2.22. The summed E-state index contributed by atoms with van der Waals surface area (Å²) in [6, 6.07) is 16.8. The van der Waals surface area contributed by atoms with Gasteiger partial charge >= 0.3 is 0 Å². The molecule has 1 amide bonds. The largest absolute Gasteiger partial charge is 0.365 e. The number of nitrogens with zero attached hydrogens (tertiary/aromatic N) is 3. The number of fused-ring (bicyclic) bond motifs is 1. The Morgan fingerprint density at radius 1 is 1.25 bits per heavy atom. The van der Waals surface area contributed by atoms with Gasteiger partial charge in [0.1, 0.15) is 0 Å². The molecule has 1 saturated carbocycles. The molecule has 1 fully saturated rings. The average Bonchev–Trinajstić information content (AvgIpc) is 3.18. The number of rotatable bonds is 5. The van der Waals surface area contributed by atoms with Crippen molar-refractivity contribution in [2.75, 3.05) is 23.4 Å². The minimum atomic E-state index is 0.0988. The van der Waals surface area contributed by atoms with Gasteiger partial charge in [0.15, 0.2) is 0 Å². The third-order valence-corrected chi connectivity index (χ3v) is 6.03. The normalized spacial score (nSPS) is 20.1. The summed E-state index contributed by atoms with van der Waals surface area (Å²) >= 11 is 0. The Morgan fingerprint density at radius 3 is 2.89 bits per heavy atom. The minimum Gasteiger partial charge on any atom is -0.365 e. The second kappa shape index (κ2) is 6.82. The van der Waals surface area contributed by atoms with Crippen molar-refractivity contribution in [3.63, 3.8) is 0 Å². The lowest BCUT2D eigenvalue weighted by molar-refractivity contribution is -0.119. The van der Waals surface area contributed by atoms with Crippen LogP contribution in [0.25, 0.3) is 0 Å². The number of aromatic amines is 1. The molecule has 1 aliphatic heterocycles. The number of anilines is 2. The second-order valence-electron chi connectivity index (χ2n) is 7.82. The van der Waals surface area contributed by atoms with E-state index in [9.17, 15) is 4.79 Å². The van der Waals surface area contributed by atoms with E-state index in [1.807, 2.05) is 36.3 Å². The number of benzene rings is 2. The van der Waals surface area contributed by atoms with Crippen molar-refractivity contribution in [1.82, 2.24) is 9.97 Å². The number of hydrogen-bond donors (Lipinski definition) is 1. The van der Waals surface area contributed by atoms with E-state index in [-0.39, 0.29) is 11.8 Å². The van der Waals surface area contributed by atoms with E-state index < -0.39 is 0 Å². The first-order valence-corrected chi connectivity index (χ1v) is 9.88. The highest BCUT2D eigenvalue weighted by molar-refractivity contribution is 5.97. The van der Waals surface area contributed by atoms with Crippen LogP contribution in [0.3, 0.4) is 0 Å². The fourth-order valence-corrected chi connectivity index (χ4v) is 4.30. The highest BCUT2D eigenvalue weighted by Gasteiger charge is 2.45. The Morgan fingerprint density at radius 2 is 2.11 bits per heavy atom. The Labute approximate surface area is 165 Å². The zero-order valence-corrected chi connectivity index (χ0v) is 16.0. The lowest BCUT2D eigenvalue weighted by atomic mass is 10.1. The molecule has 1 aromatic heterocycles. The van der Waals surface area contributed by atoms with Crippen LogP contribution in [0.1, 0.15) is 29.2 Å². The molecule has 0 bridgehead atoms. The van der Waals surface area contributed by atoms with Gasteiger partial charge in [0.05, 0.1) is 18.6 Å². The van der Waals surface area contributed by atoms with Crippen molar-refractivity contribution in [2.45, 2.75) is 25.3 Å². The van der Waals surface area contributed by atoms with E-state index >= 15 is 0 Å². The molecule has 1 aliphatic carbocycles. The Bertz CT molecular complexity index is 983. The van der Waals surface area contributed by atoms with Crippen molar-refractivity contribution >= 4 is 17.3 Å². The number of hydrogen-bond acceptors (Lipinski definition) is 3. The molecule has 142 valence electrons. The molecule has 2 atom stereocenters. The predicted molar refractivity (Wildman–Crippen MR) is 110 cm³/mol. The molecule has 2 aromatic carbocycles. The van der Waals surface area contributed by atoms with Crippen LogP contribution < -0.4 is 9.80 Å². The molecule has 1 N–H and O–H groups in total. The van der Waals surface area contributed by atoms with Gasteiger partial charge in [-0.3, -0.25) is 4.79 Å². The molecule has 0 spiro atoms. The van der Waals surface area contributed by atoms with Crippen molar-refractivity contribution in [3.8, 4) is 0 Å². The van der Waals surface area contributed by atoms with Crippen LogP contribution in [-0.4, -0.2) is 29.5 Å². The molecule has 0 unspecified atom stereocenters. The molecular weight excluding hydrogens is 348 g/mol. The molecular formula is C23H24N4O. The maximum absolute atomic E-state index is 13.0. The van der Waals surface area contributed by atoms with E-state index in [2.05, 4.69) is 45.2 Å². The fraction of sp³-hybridized carbons (Fsp3) is 0.304. The fourth-order valence-electron chi connectivity index (χ4n) is 4.30. The molecule has 0 radical (unpaired) electrons. The SMILES string of the molecule is CN(C(=O)[C@@H]1C[C@H]1c1ccccc1)c1ccc2c(c1)N(Cc1cnc[nH]1)CC2. The summed E-state index contributed by atoms with van der Waals surface area (Å²) in [6.07, 6.45) is 5.58. The summed E-state index contributed by atoms with van der Waals surface area (Å²) < 4.78 is 0. The number of H-pyrrole nitrogens is 1. The summed E-state index contributed by atoms with van der Waals surface area (Å²) in [5.74, 6) is 0.677. The van der Waals surface area contributed by atoms with E-state index in [1.54, 1.807) is 6.33 Å². The third-order valence-electron chi connectivity index (χ3n) is 6.03. The van der Waals surface area contributed by atoms with Gasteiger partial charge in [-0.1, -0.05) is 36.4 Å². The monoisotopic (exact) mass is 372 g/mol. The van der Waals surface area contributed by atoms with Gasteiger partial charge in [0.25, 0.3) is 0 Å². The van der Waals surface area contributed by atoms with Crippen LogP contribution in [0.2, 0.25) is 0 Å². The maximum atomic E-state index is 13.0. The second-order valence-corrected chi connectivity index (χ2v) is 7.82. The zero-order valence-electron chi connectivity index (χ0n) is 16.0. The molecule has 5 heteroatoms. The Kier molecular flexibility index (Phi) is 4.15. The topological polar surface area (TPSA) is 52.2 Å². The van der Waals surface area contributed by atoms with E-state index in [4.69, 9.17) is 0 Å². The first kappa shape index (κ1) is 17.0. The molecule has 3 aromatic rings. The summed E-state index contributed by atoms with van der Waals surface area (Å²) in [6.45, 7) is 1.81. The van der Waals surface area contributed by atoms with Crippen LogP contribution in [0.15, 0.2) is 61.1 Å². The Balaban J connectivity index is 1.32. The van der Waals surface area contributed by atoms with Gasteiger partial charge in [-0.15, -0.1) is 0 Å². The number of aromatic nitrogens is 2. The predicted octanol–water partition coefficient (Wildman–Crippen LogP) is 3.74. The summed E-state index contributed by atoms with van der Waals surface area (Å²) in [5.41, 5.74) is 5.92. The average molecular weight is 372 g/mol. The minimum absolute atomic E-state index is 0.0988. The zero-order chi connectivity index (χ0) is 19.1. The maximum Gasteiger partial charge on any atom is 0.230 e. The number of nitrogens with one attached hydrogen (secondary N) is 1. The highest BCUT2D eigenvalue weighted by atomic mass is 16.2. The number of imidazole rings is 1. The molecule has 5 nitrogen and oxygen atoms in total. The van der Waals surface area contributed by atoms with Crippen molar-refractivity contribution < 1.29 is 4.79 Å². The van der Waals surface area contributed by atoms with Gasteiger partial charge in [-0.25, -0.2) is 4.98 Å². The number of amides is 1. The van der Waals surface area contributed by atoms with Crippen LogP contribution in [0.4, 0.5) is 11.4 Å². The van der Waals surface area contributed by atoms with E-state index in [0.29, 0.717) is 5.92 Å². The highest BCUT2D eigenvalue weighted by Crippen LogP contribution is 2.48. The van der Waals surface area contributed by atoms with Gasteiger partial charge in [0.2, 0.25) is 5.91 Å². The van der Waals surface area contributed by atoms with Crippen LogP contribution in [0.5, 0.6) is 0 Å². The summed E-state index contributed by atoms with van der Waals surface area (Å²) in [7, 11) is 1.90. The van der Waals surface area contributed by atoms with Gasteiger partial charge < -0.3 is 14.8 Å². The third kappa shape index (κ3) is 3.07. The van der Waals surface area contributed by atoms with Gasteiger partial charge in [-0.2, -0.15) is 0 Å². The number of carbonyl (C=O) groups excluding carboxylic acids is 1. The van der Waals surface area contributed by atoms with Crippen molar-refractivity contribution in [1.29, 1.82) is 0 Å². The van der Waals surface area contributed by atoms with Gasteiger partial charge in [0, 0.05) is 37.1 Å². The molecule has 5 rings (SSSR count). The van der Waals surface area contributed by atoms with Crippen LogP contribution >= 0.6 is 0 Å². The lowest BCUT2D eigenvalue weighted by Crippen LogP contribution is -2.28. The molecule has 28 heavy (non-hydrogen) atoms. The smallest absolute Gasteiger partial charge is 0.230 e. The summed E-state index contributed by atoms with van der Waals surface area (Å²) in [5, 5.41) is 0. The molecule has 2 aliphatic rings. The first-order chi connectivity index (χ1) is 13.7. The van der Waals surface area contributed by atoms with Gasteiger partial charge in [-0.05, 0) is 42.0 Å². The standard InChI is InChI=1S/C23H24N4O/c1-26(23(28)21-12-20(21)16-5-3-2-4-6-16)19-8-7-17-9-10-27(22(17)11-19)14-18-13-24-15-25-18/h2-8,11,13,15,20-21H,9-10,12,14H2,1H3,(H,24,25)/t20-,21+/m0/s1. The molecule has 0 saturated heterocycles. The molecule has 2 heterocycles. The first-order valence-electron chi connectivity index (χ1n) is 9.88. The van der Waals surface area contributed by atoms with E-state index in [1.165, 1.54) is 16.8 Å². The number of carbonyl (C=O) groups is 1. The Hall–Kier alpha value is -3.08. The van der Waals surface area contributed by atoms with E-state index in [0.717, 1.165) is 37.3 Å². The van der Waals surface area contributed by atoms with Crippen molar-refractivity contribution in [2.24, 2.45) is 5.92 Å². The van der Waals surface area contributed by atoms with Crippen LogP contribution in [0, 0.1) is 5.92 Å².